The average molecular weight is 185 g/mol. The molecule has 0 saturated carbocycles. The predicted octanol–water partition coefficient (Wildman–Crippen LogP) is 2.05. The van der Waals surface area contributed by atoms with Crippen LogP contribution < -0.4 is 0 Å². The number of carbonyl (C=O) groups excluding carboxylic acids is 1. The molecule has 0 heterocycles. The molecular weight excluding hydrogens is 166 g/mol. The molecule has 1 unspecified atom stereocenters. The van der Waals surface area contributed by atoms with Crippen molar-refractivity contribution in [2.75, 3.05) is 6.61 Å². The largest absolute Gasteiger partial charge is 0.466 e. The average Bonchev–Trinajstić information content (AvgIpc) is 1.99. The number of nitrogens with zero attached hydrogens (tertiary/aromatic N) is 1. The van der Waals surface area contributed by atoms with Crippen molar-refractivity contribution in [3.05, 3.63) is 0 Å². The quantitative estimate of drug-likeness (QED) is 0.498. The van der Waals surface area contributed by atoms with Gasteiger partial charge in [-0.1, -0.05) is 0 Å². The molecule has 76 valence electrons. The molecule has 0 aromatic heterocycles. The monoisotopic (exact) mass is 185 g/mol. The fourth-order valence-corrected chi connectivity index (χ4v) is 0.670. The molecule has 0 fully saturated rings. The fraction of sp³-hybridized carbons (Fsp3) is 0.800. The molecule has 0 amide bonds. The molecule has 0 aliphatic rings. The molecule has 0 aromatic rings. The van der Waals surface area contributed by atoms with Crippen LogP contribution in [0.3, 0.4) is 0 Å². The summed E-state index contributed by atoms with van der Waals surface area (Å²) in [7, 11) is 0. The van der Waals surface area contributed by atoms with E-state index < -0.39 is 0 Å². The van der Waals surface area contributed by atoms with Gasteiger partial charge in [0.05, 0.1) is 18.1 Å². The minimum Gasteiger partial charge on any atom is -0.466 e. The van der Waals surface area contributed by atoms with Crippen LogP contribution in [0.25, 0.3) is 0 Å². The molecule has 0 aliphatic carbocycles. The molecule has 0 spiro atoms. The maximum absolute atomic E-state index is 11.1. The lowest BCUT2D eigenvalue weighted by atomic mass is 10.1. The Labute approximate surface area is 80.2 Å². The van der Waals surface area contributed by atoms with Crippen molar-refractivity contribution in [3.63, 3.8) is 0 Å². The summed E-state index contributed by atoms with van der Waals surface area (Å²) < 4.78 is 4.84. The minimum absolute atomic E-state index is 0.124. The Balaban J connectivity index is 4.07. The van der Waals surface area contributed by atoms with Crippen LogP contribution in [0.15, 0.2) is 4.99 Å². The van der Waals surface area contributed by atoms with Crippen LogP contribution in [0, 0.1) is 5.92 Å². The summed E-state index contributed by atoms with van der Waals surface area (Å²) in [5.74, 6) is -0.463. The molecule has 0 saturated heterocycles. The van der Waals surface area contributed by atoms with E-state index in [0.29, 0.717) is 6.61 Å². The SMILES string of the molecule is CCOC(=O)C(C)C=NC(C)(C)C. The third-order valence-corrected chi connectivity index (χ3v) is 1.34. The van der Waals surface area contributed by atoms with E-state index in [9.17, 15) is 4.79 Å². The summed E-state index contributed by atoms with van der Waals surface area (Å²) in [6.07, 6.45) is 1.65. The zero-order valence-electron chi connectivity index (χ0n) is 9.13. The summed E-state index contributed by atoms with van der Waals surface area (Å²) >= 11 is 0. The van der Waals surface area contributed by atoms with E-state index in [4.69, 9.17) is 4.74 Å². The normalized spacial score (nSPS) is 14.5. The van der Waals surface area contributed by atoms with Gasteiger partial charge in [0.2, 0.25) is 0 Å². The highest BCUT2D eigenvalue weighted by atomic mass is 16.5. The first-order valence-electron chi connectivity index (χ1n) is 4.59. The third kappa shape index (κ3) is 6.31. The van der Waals surface area contributed by atoms with E-state index in [1.165, 1.54) is 0 Å². The highest BCUT2D eigenvalue weighted by molar-refractivity contribution is 5.89. The number of aliphatic imine (C=N–C) groups is 1. The second kappa shape index (κ2) is 5.00. The van der Waals surface area contributed by atoms with Crippen LogP contribution in [0.5, 0.6) is 0 Å². The molecule has 3 heteroatoms. The van der Waals surface area contributed by atoms with Gasteiger partial charge in [0.25, 0.3) is 0 Å². The Morgan fingerprint density at radius 1 is 1.54 bits per heavy atom. The molecule has 0 aliphatic heterocycles. The van der Waals surface area contributed by atoms with Gasteiger partial charge >= 0.3 is 5.97 Å². The van der Waals surface area contributed by atoms with E-state index in [2.05, 4.69) is 4.99 Å². The summed E-state index contributed by atoms with van der Waals surface area (Å²) in [6, 6.07) is 0. The Morgan fingerprint density at radius 3 is 2.46 bits per heavy atom. The van der Waals surface area contributed by atoms with Crippen molar-refractivity contribution in [1.82, 2.24) is 0 Å². The number of hydrogen-bond acceptors (Lipinski definition) is 3. The van der Waals surface area contributed by atoms with E-state index in [-0.39, 0.29) is 17.4 Å². The van der Waals surface area contributed by atoms with Gasteiger partial charge in [-0.15, -0.1) is 0 Å². The van der Waals surface area contributed by atoms with Gasteiger partial charge in [-0.2, -0.15) is 0 Å². The van der Waals surface area contributed by atoms with Crippen LogP contribution in [0.1, 0.15) is 34.6 Å². The van der Waals surface area contributed by atoms with Crippen molar-refractivity contribution in [2.24, 2.45) is 10.9 Å². The Kier molecular flexibility index (Phi) is 4.67. The smallest absolute Gasteiger partial charge is 0.314 e. The molecule has 0 N–H and O–H groups in total. The van der Waals surface area contributed by atoms with Crippen molar-refractivity contribution < 1.29 is 9.53 Å². The highest BCUT2D eigenvalue weighted by Gasteiger charge is 2.12. The third-order valence-electron chi connectivity index (χ3n) is 1.34. The number of ether oxygens (including phenoxy) is 1. The van der Waals surface area contributed by atoms with E-state index in [1.807, 2.05) is 20.8 Å². The van der Waals surface area contributed by atoms with Gasteiger partial charge in [0, 0.05) is 6.21 Å². The number of rotatable bonds is 3. The summed E-state index contributed by atoms with van der Waals surface area (Å²) in [5.41, 5.74) is -0.124. The van der Waals surface area contributed by atoms with Crippen LogP contribution in [0.2, 0.25) is 0 Å². The zero-order chi connectivity index (χ0) is 10.5. The molecule has 1 atom stereocenters. The molecule has 0 radical (unpaired) electrons. The Morgan fingerprint density at radius 2 is 2.08 bits per heavy atom. The highest BCUT2D eigenvalue weighted by Crippen LogP contribution is 2.06. The van der Waals surface area contributed by atoms with E-state index in [1.54, 1.807) is 20.1 Å². The van der Waals surface area contributed by atoms with Gasteiger partial charge in [0.1, 0.15) is 0 Å². The molecule has 0 bridgehead atoms. The fourth-order valence-electron chi connectivity index (χ4n) is 0.670. The Bertz CT molecular complexity index is 192. The first-order chi connectivity index (χ1) is 5.87. The molecule has 0 rings (SSSR count). The minimum atomic E-state index is -0.251. The number of carbonyl (C=O) groups is 1. The van der Waals surface area contributed by atoms with Crippen molar-refractivity contribution in [2.45, 2.75) is 40.2 Å². The maximum atomic E-state index is 11.1. The van der Waals surface area contributed by atoms with E-state index >= 15 is 0 Å². The summed E-state index contributed by atoms with van der Waals surface area (Å²) in [4.78, 5) is 15.4. The van der Waals surface area contributed by atoms with Crippen LogP contribution in [-0.2, 0) is 9.53 Å². The maximum Gasteiger partial charge on any atom is 0.314 e. The molecule has 0 aromatic carbocycles. The van der Waals surface area contributed by atoms with Gasteiger partial charge < -0.3 is 4.74 Å². The second-order valence-corrected chi connectivity index (χ2v) is 3.99. The van der Waals surface area contributed by atoms with Crippen LogP contribution in [-0.4, -0.2) is 24.3 Å². The number of hydrogen-bond donors (Lipinski definition) is 0. The van der Waals surface area contributed by atoms with Crippen LogP contribution >= 0.6 is 0 Å². The number of esters is 1. The van der Waals surface area contributed by atoms with Crippen LogP contribution in [0.4, 0.5) is 0 Å². The zero-order valence-corrected chi connectivity index (χ0v) is 9.13. The van der Waals surface area contributed by atoms with Crippen molar-refractivity contribution >= 4 is 12.2 Å². The molecule has 13 heavy (non-hydrogen) atoms. The predicted molar refractivity (Wildman–Crippen MR) is 54.0 cm³/mol. The lowest BCUT2D eigenvalue weighted by Crippen LogP contribution is -2.18. The van der Waals surface area contributed by atoms with Gasteiger partial charge in [-0.3, -0.25) is 9.79 Å². The Hall–Kier alpha value is -0.860. The summed E-state index contributed by atoms with van der Waals surface area (Å²) in [5, 5.41) is 0. The molecule has 3 nitrogen and oxygen atoms in total. The molecular formula is C10H19NO2. The topological polar surface area (TPSA) is 38.7 Å². The van der Waals surface area contributed by atoms with Crippen molar-refractivity contribution in [1.29, 1.82) is 0 Å². The van der Waals surface area contributed by atoms with Gasteiger partial charge in [-0.25, -0.2) is 0 Å². The van der Waals surface area contributed by atoms with Gasteiger partial charge in [-0.05, 0) is 34.6 Å². The van der Waals surface area contributed by atoms with Gasteiger partial charge in [0.15, 0.2) is 0 Å². The standard InChI is InChI=1S/C10H19NO2/c1-6-13-9(12)8(2)7-11-10(3,4)5/h7-8H,6H2,1-5H3. The second-order valence-electron chi connectivity index (χ2n) is 3.99. The summed E-state index contributed by atoms with van der Waals surface area (Å²) in [6.45, 7) is 9.97. The first kappa shape index (κ1) is 12.1. The van der Waals surface area contributed by atoms with E-state index in [0.717, 1.165) is 0 Å². The van der Waals surface area contributed by atoms with Crippen molar-refractivity contribution in [3.8, 4) is 0 Å². The lowest BCUT2D eigenvalue weighted by molar-refractivity contribution is -0.144. The first-order valence-corrected chi connectivity index (χ1v) is 4.59. The lowest BCUT2D eigenvalue weighted by Gasteiger charge is -2.12.